The third kappa shape index (κ3) is 1.62. The number of allylic oxidation sites excluding steroid dienone is 1. The van der Waals surface area contributed by atoms with Gasteiger partial charge in [-0.05, 0) is 12.0 Å². The second-order valence-electron chi connectivity index (χ2n) is 3.35. The number of thioether (sulfide) groups is 1. The van der Waals surface area contributed by atoms with E-state index >= 15 is 0 Å². The number of hydrogen-bond acceptors (Lipinski definition) is 2. The Bertz CT molecular complexity index is 370. The molecule has 0 aliphatic carbocycles. The van der Waals surface area contributed by atoms with Crippen LogP contribution in [-0.4, -0.2) is 11.0 Å². The average molecular weight is 204 g/mol. The topological polar surface area (TPSA) is 17.1 Å². The fourth-order valence-corrected chi connectivity index (χ4v) is 2.84. The molecule has 0 aromatic heterocycles. The normalized spacial score (nSPS) is 20.3. The number of benzene rings is 1. The van der Waals surface area contributed by atoms with Crippen molar-refractivity contribution < 1.29 is 4.79 Å². The Labute approximate surface area is 88.2 Å². The SMILES string of the molecule is C=CCC1SCc2ccccc2C1=O. The molecule has 0 bridgehead atoms. The molecule has 2 heteroatoms. The molecule has 14 heavy (non-hydrogen) atoms. The van der Waals surface area contributed by atoms with Gasteiger partial charge in [-0.15, -0.1) is 18.3 Å². The van der Waals surface area contributed by atoms with Crippen LogP contribution in [-0.2, 0) is 5.75 Å². The zero-order valence-electron chi connectivity index (χ0n) is 7.90. The molecule has 1 aromatic rings. The summed E-state index contributed by atoms with van der Waals surface area (Å²) in [6.45, 7) is 3.68. The Kier molecular flexibility index (Phi) is 2.73. The van der Waals surface area contributed by atoms with Crippen LogP contribution in [0.3, 0.4) is 0 Å². The van der Waals surface area contributed by atoms with Crippen molar-refractivity contribution in [2.45, 2.75) is 17.4 Å². The quantitative estimate of drug-likeness (QED) is 0.689. The number of ketones is 1. The maximum absolute atomic E-state index is 11.9. The van der Waals surface area contributed by atoms with Crippen LogP contribution < -0.4 is 0 Å². The van der Waals surface area contributed by atoms with Crippen LogP contribution in [0.15, 0.2) is 36.9 Å². The summed E-state index contributed by atoms with van der Waals surface area (Å²) in [6, 6.07) is 7.87. The molecular weight excluding hydrogens is 192 g/mol. The summed E-state index contributed by atoms with van der Waals surface area (Å²) >= 11 is 1.72. The van der Waals surface area contributed by atoms with Crippen molar-refractivity contribution >= 4 is 17.5 Å². The Morgan fingerprint density at radius 2 is 2.29 bits per heavy atom. The van der Waals surface area contributed by atoms with E-state index in [4.69, 9.17) is 0 Å². The van der Waals surface area contributed by atoms with Crippen molar-refractivity contribution in [2.24, 2.45) is 0 Å². The molecular formula is C12H12OS. The monoisotopic (exact) mass is 204 g/mol. The minimum Gasteiger partial charge on any atom is -0.293 e. The number of carbonyl (C=O) groups excluding carboxylic acids is 1. The standard InChI is InChI=1S/C12H12OS/c1-2-5-11-12(13)10-7-4-3-6-9(10)8-14-11/h2-4,6-7,11H,1,5,8H2. The highest BCUT2D eigenvalue weighted by atomic mass is 32.2. The molecule has 1 nitrogen and oxygen atoms in total. The largest absolute Gasteiger partial charge is 0.293 e. The molecule has 1 heterocycles. The molecule has 1 aromatic carbocycles. The summed E-state index contributed by atoms with van der Waals surface area (Å²) in [5, 5.41) is 0.0856. The Hall–Kier alpha value is -1.02. The number of fused-ring (bicyclic) bond motifs is 1. The summed E-state index contributed by atoms with van der Waals surface area (Å²) in [5.41, 5.74) is 2.07. The molecule has 1 unspecified atom stereocenters. The summed E-state index contributed by atoms with van der Waals surface area (Å²) in [7, 11) is 0. The van der Waals surface area contributed by atoms with Crippen molar-refractivity contribution in [1.82, 2.24) is 0 Å². The third-order valence-electron chi connectivity index (χ3n) is 2.40. The van der Waals surface area contributed by atoms with Gasteiger partial charge in [-0.3, -0.25) is 4.79 Å². The van der Waals surface area contributed by atoms with Crippen LogP contribution in [0.5, 0.6) is 0 Å². The smallest absolute Gasteiger partial charge is 0.176 e. The van der Waals surface area contributed by atoms with Gasteiger partial charge in [0, 0.05) is 11.3 Å². The predicted octanol–water partition coefficient (Wildman–Crippen LogP) is 3.06. The van der Waals surface area contributed by atoms with Crippen LogP contribution in [0.2, 0.25) is 0 Å². The zero-order chi connectivity index (χ0) is 9.97. The molecule has 0 N–H and O–H groups in total. The molecule has 0 saturated carbocycles. The molecule has 72 valence electrons. The lowest BCUT2D eigenvalue weighted by atomic mass is 10.0. The second-order valence-corrected chi connectivity index (χ2v) is 4.54. The van der Waals surface area contributed by atoms with E-state index < -0.39 is 0 Å². The third-order valence-corrected chi connectivity index (χ3v) is 3.68. The maximum atomic E-state index is 11.9. The van der Waals surface area contributed by atoms with Gasteiger partial charge in [0.2, 0.25) is 0 Å². The average Bonchev–Trinajstić information content (AvgIpc) is 2.23. The van der Waals surface area contributed by atoms with Gasteiger partial charge < -0.3 is 0 Å². The molecule has 1 aliphatic heterocycles. The number of carbonyl (C=O) groups is 1. The van der Waals surface area contributed by atoms with Gasteiger partial charge in [0.1, 0.15) is 0 Å². The van der Waals surface area contributed by atoms with E-state index in [0.717, 1.165) is 17.7 Å². The van der Waals surface area contributed by atoms with Crippen LogP contribution in [0.25, 0.3) is 0 Å². The van der Waals surface area contributed by atoms with Crippen LogP contribution in [0, 0.1) is 0 Å². The van der Waals surface area contributed by atoms with Crippen molar-refractivity contribution in [2.75, 3.05) is 0 Å². The molecule has 2 rings (SSSR count). The van der Waals surface area contributed by atoms with Gasteiger partial charge in [-0.25, -0.2) is 0 Å². The van der Waals surface area contributed by atoms with Gasteiger partial charge in [0.25, 0.3) is 0 Å². The van der Waals surface area contributed by atoms with Crippen molar-refractivity contribution in [3.63, 3.8) is 0 Å². The first-order chi connectivity index (χ1) is 6.83. The molecule has 0 spiro atoms. The highest BCUT2D eigenvalue weighted by Crippen LogP contribution is 2.31. The molecule has 0 fully saturated rings. The number of hydrogen-bond donors (Lipinski definition) is 0. The predicted molar refractivity (Wildman–Crippen MR) is 60.7 cm³/mol. The van der Waals surface area contributed by atoms with Crippen LogP contribution in [0.4, 0.5) is 0 Å². The lowest BCUT2D eigenvalue weighted by molar-refractivity contribution is 0.0987. The van der Waals surface area contributed by atoms with Crippen molar-refractivity contribution in [3.05, 3.63) is 48.0 Å². The maximum Gasteiger partial charge on any atom is 0.176 e. The molecule has 1 atom stereocenters. The first-order valence-electron chi connectivity index (χ1n) is 4.67. The Morgan fingerprint density at radius 1 is 1.50 bits per heavy atom. The fourth-order valence-electron chi connectivity index (χ4n) is 1.65. The summed E-state index contributed by atoms with van der Waals surface area (Å²) < 4.78 is 0. The molecule has 1 aliphatic rings. The van der Waals surface area contributed by atoms with Gasteiger partial charge in [0.05, 0.1) is 5.25 Å². The van der Waals surface area contributed by atoms with E-state index in [-0.39, 0.29) is 11.0 Å². The lowest BCUT2D eigenvalue weighted by Crippen LogP contribution is -2.22. The highest BCUT2D eigenvalue weighted by molar-refractivity contribution is 8.00. The Balaban J connectivity index is 2.31. The van der Waals surface area contributed by atoms with E-state index in [9.17, 15) is 4.79 Å². The first-order valence-corrected chi connectivity index (χ1v) is 5.72. The highest BCUT2D eigenvalue weighted by Gasteiger charge is 2.26. The first kappa shape index (κ1) is 9.53. The summed E-state index contributed by atoms with van der Waals surface area (Å²) in [4.78, 5) is 11.9. The minimum absolute atomic E-state index is 0.0856. The van der Waals surface area contributed by atoms with E-state index in [1.54, 1.807) is 11.8 Å². The second kappa shape index (κ2) is 4.01. The summed E-state index contributed by atoms with van der Waals surface area (Å²) in [6.07, 6.45) is 2.60. The Morgan fingerprint density at radius 3 is 3.07 bits per heavy atom. The minimum atomic E-state index is 0.0856. The molecule has 0 saturated heterocycles. The van der Waals surface area contributed by atoms with E-state index in [1.807, 2.05) is 30.3 Å². The number of rotatable bonds is 2. The van der Waals surface area contributed by atoms with Gasteiger partial charge >= 0.3 is 0 Å². The van der Waals surface area contributed by atoms with Crippen molar-refractivity contribution in [1.29, 1.82) is 0 Å². The van der Waals surface area contributed by atoms with E-state index in [1.165, 1.54) is 5.56 Å². The number of Topliss-reactive ketones (excluding diaryl/α,β-unsaturated/α-hetero) is 1. The van der Waals surface area contributed by atoms with Crippen LogP contribution in [0.1, 0.15) is 22.3 Å². The van der Waals surface area contributed by atoms with Gasteiger partial charge in [-0.1, -0.05) is 30.3 Å². The van der Waals surface area contributed by atoms with Crippen LogP contribution >= 0.6 is 11.8 Å². The van der Waals surface area contributed by atoms with Crippen molar-refractivity contribution in [3.8, 4) is 0 Å². The van der Waals surface area contributed by atoms with Gasteiger partial charge in [0.15, 0.2) is 5.78 Å². The summed E-state index contributed by atoms with van der Waals surface area (Å²) in [5.74, 6) is 1.21. The zero-order valence-corrected chi connectivity index (χ0v) is 8.72. The molecule has 0 radical (unpaired) electrons. The van der Waals surface area contributed by atoms with E-state index in [2.05, 4.69) is 6.58 Å². The lowest BCUT2D eigenvalue weighted by Gasteiger charge is -2.21. The fraction of sp³-hybridized carbons (Fsp3) is 0.250. The molecule has 0 amide bonds. The van der Waals surface area contributed by atoms with Gasteiger partial charge in [-0.2, -0.15) is 0 Å². The van der Waals surface area contributed by atoms with E-state index in [0.29, 0.717) is 0 Å².